The minimum absolute atomic E-state index is 0.0119. The van der Waals surface area contributed by atoms with Crippen molar-refractivity contribution in [2.24, 2.45) is 0 Å². The van der Waals surface area contributed by atoms with Crippen LogP contribution in [0.4, 0.5) is 5.82 Å². The van der Waals surface area contributed by atoms with Crippen LogP contribution in [0.15, 0.2) is 42.6 Å². The van der Waals surface area contributed by atoms with Crippen LogP contribution in [0.1, 0.15) is 22.4 Å². The number of amides is 2. The molecule has 1 aromatic carbocycles. The fourth-order valence-corrected chi connectivity index (χ4v) is 3.37. The SMILES string of the molecule is Cc1c(CN(C)C(=O)/C=C/c2cnc3c(c2)COCC(=O)N3)[nH]c2ccccc12. The Bertz CT molecular complexity index is 1120. The van der Waals surface area contributed by atoms with Crippen LogP contribution in [-0.4, -0.2) is 40.3 Å². The van der Waals surface area contributed by atoms with Gasteiger partial charge in [0.2, 0.25) is 5.91 Å². The molecule has 0 aliphatic carbocycles. The van der Waals surface area contributed by atoms with Crippen LogP contribution in [-0.2, 0) is 27.5 Å². The molecular weight excluding hydrogens is 368 g/mol. The molecule has 0 unspecified atom stereocenters. The number of carbonyl (C=O) groups is 2. The van der Waals surface area contributed by atoms with Gasteiger partial charge in [0.1, 0.15) is 12.4 Å². The summed E-state index contributed by atoms with van der Waals surface area (Å²) in [6, 6.07) is 9.97. The van der Waals surface area contributed by atoms with Crippen LogP contribution < -0.4 is 5.32 Å². The van der Waals surface area contributed by atoms with Gasteiger partial charge in [-0.2, -0.15) is 0 Å². The number of aromatic nitrogens is 2. The monoisotopic (exact) mass is 390 g/mol. The largest absolute Gasteiger partial charge is 0.367 e. The molecule has 0 spiro atoms. The Morgan fingerprint density at radius 3 is 2.97 bits per heavy atom. The van der Waals surface area contributed by atoms with Gasteiger partial charge in [-0.1, -0.05) is 18.2 Å². The molecule has 7 heteroatoms. The molecule has 0 radical (unpaired) electrons. The summed E-state index contributed by atoms with van der Waals surface area (Å²) in [5.74, 6) is 0.175. The number of benzene rings is 1. The van der Waals surface area contributed by atoms with Gasteiger partial charge < -0.3 is 19.9 Å². The Morgan fingerprint density at radius 2 is 2.14 bits per heavy atom. The lowest BCUT2D eigenvalue weighted by atomic mass is 10.1. The maximum Gasteiger partial charge on any atom is 0.251 e. The number of pyridine rings is 1. The molecule has 2 amide bonds. The molecular formula is C22H22N4O3. The van der Waals surface area contributed by atoms with E-state index < -0.39 is 0 Å². The van der Waals surface area contributed by atoms with Crippen molar-refractivity contribution in [3.63, 3.8) is 0 Å². The molecule has 148 valence electrons. The van der Waals surface area contributed by atoms with E-state index in [9.17, 15) is 9.59 Å². The zero-order valence-electron chi connectivity index (χ0n) is 16.4. The highest BCUT2D eigenvalue weighted by Gasteiger charge is 2.15. The second kappa shape index (κ2) is 7.89. The molecule has 2 N–H and O–H groups in total. The number of aromatic amines is 1. The van der Waals surface area contributed by atoms with Crippen molar-refractivity contribution in [3.05, 3.63) is 65.0 Å². The lowest BCUT2D eigenvalue weighted by Gasteiger charge is -2.15. The first-order chi connectivity index (χ1) is 14.0. The van der Waals surface area contributed by atoms with E-state index in [2.05, 4.69) is 28.3 Å². The van der Waals surface area contributed by atoms with Crippen molar-refractivity contribution >= 4 is 34.6 Å². The lowest BCUT2D eigenvalue weighted by molar-refractivity contribution is -0.125. The van der Waals surface area contributed by atoms with Crippen molar-refractivity contribution in [2.75, 3.05) is 19.0 Å². The number of fused-ring (bicyclic) bond motifs is 2. The number of nitrogens with one attached hydrogen (secondary N) is 2. The third kappa shape index (κ3) is 4.05. The number of likely N-dealkylation sites (N-methyl/N-ethyl adjacent to an activating group) is 1. The molecule has 0 saturated carbocycles. The predicted molar refractivity (Wildman–Crippen MR) is 111 cm³/mol. The standard InChI is InChI=1S/C22H22N4O3/c1-14-17-5-3-4-6-18(17)24-19(14)11-26(2)21(28)8-7-15-9-16-12-29-13-20(27)25-22(16)23-10-15/h3-10,24H,11-13H2,1-2H3,(H,23,25,27)/b8-7+. The molecule has 1 aliphatic rings. The van der Waals surface area contributed by atoms with Gasteiger partial charge in [-0.15, -0.1) is 0 Å². The molecule has 2 aromatic heterocycles. The van der Waals surface area contributed by atoms with Crippen LogP contribution in [0.5, 0.6) is 0 Å². The number of H-pyrrole nitrogens is 1. The second-order valence-electron chi connectivity index (χ2n) is 7.12. The summed E-state index contributed by atoms with van der Waals surface area (Å²) in [4.78, 5) is 33.4. The molecule has 0 fully saturated rings. The summed E-state index contributed by atoms with van der Waals surface area (Å²) in [5.41, 5.74) is 4.80. The highest BCUT2D eigenvalue weighted by molar-refractivity contribution is 5.93. The fraction of sp³-hybridized carbons (Fsp3) is 0.227. The fourth-order valence-electron chi connectivity index (χ4n) is 3.37. The smallest absolute Gasteiger partial charge is 0.251 e. The molecule has 4 rings (SSSR count). The topological polar surface area (TPSA) is 87.3 Å². The summed E-state index contributed by atoms with van der Waals surface area (Å²) >= 11 is 0. The minimum atomic E-state index is -0.219. The van der Waals surface area contributed by atoms with Gasteiger partial charge in [0.05, 0.1) is 13.2 Å². The first-order valence-electron chi connectivity index (χ1n) is 9.37. The van der Waals surface area contributed by atoms with Gasteiger partial charge >= 0.3 is 0 Å². The third-order valence-corrected chi connectivity index (χ3v) is 5.00. The number of aryl methyl sites for hydroxylation is 1. The maximum atomic E-state index is 12.6. The van der Waals surface area contributed by atoms with Crippen molar-refractivity contribution < 1.29 is 14.3 Å². The van der Waals surface area contributed by atoms with E-state index in [1.807, 2.05) is 24.3 Å². The van der Waals surface area contributed by atoms with Crippen LogP contribution >= 0.6 is 0 Å². The van der Waals surface area contributed by atoms with Gasteiger partial charge in [-0.05, 0) is 36.3 Å². The van der Waals surface area contributed by atoms with Crippen LogP contribution in [0.25, 0.3) is 17.0 Å². The molecule has 7 nitrogen and oxygen atoms in total. The average Bonchev–Trinajstić information content (AvgIpc) is 2.90. The first kappa shape index (κ1) is 18.9. The van der Waals surface area contributed by atoms with Crippen molar-refractivity contribution in [1.29, 1.82) is 0 Å². The van der Waals surface area contributed by atoms with Crippen LogP contribution in [0.3, 0.4) is 0 Å². The highest BCUT2D eigenvalue weighted by atomic mass is 16.5. The van der Waals surface area contributed by atoms with E-state index in [0.29, 0.717) is 19.0 Å². The number of hydrogen-bond donors (Lipinski definition) is 2. The summed E-state index contributed by atoms with van der Waals surface area (Å²) in [6.45, 7) is 2.87. The number of anilines is 1. The number of nitrogens with zero attached hydrogens (tertiary/aromatic N) is 2. The van der Waals surface area contributed by atoms with E-state index in [-0.39, 0.29) is 18.4 Å². The number of ether oxygens (including phenoxy) is 1. The van der Waals surface area contributed by atoms with Gasteiger partial charge in [-0.25, -0.2) is 4.98 Å². The van der Waals surface area contributed by atoms with Crippen LogP contribution in [0, 0.1) is 6.92 Å². The van der Waals surface area contributed by atoms with Crippen molar-refractivity contribution in [3.8, 4) is 0 Å². The summed E-state index contributed by atoms with van der Waals surface area (Å²) in [6.07, 6.45) is 4.87. The molecule has 1 aliphatic heterocycles. The lowest BCUT2D eigenvalue weighted by Crippen LogP contribution is -2.24. The van der Waals surface area contributed by atoms with E-state index in [1.54, 1.807) is 24.2 Å². The molecule has 0 bridgehead atoms. The zero-order chi connectivity index (χ0) is 20.4. The summed E-state index contributed by atoms with van der Waals surface area (Å²) in [7, 11) is 1.77. The maximum absolute atomic E-state index is 12.6. The molecule has 3 heterocycles. The van der Waals surface area contributed by atoms with E-state index in [4.69, 9.17) is 4.74 Å². The van der Waals surface area contributed by atoms with Gasteiger partial charge in [0.15, 0.2) is 0 Å². The van der Waals surface area contributed by atoms with Gasteiger partial charge in [0.25, 0.3) is 5.91 Å². The molecule has 0 atom stereocenters. The quantitative estimate of drug-likeness (QED) is 0.671. The van der Waals surface area contributed by atoms with Crippen LogP contribution in [0.2, 0.25) is 0 Å². The Morgan fingerprint density at radius 1 is 1.31 bits per heavy atom. The van der Waals surface area contributed by atoms with Crippen molar-refractivity contribution in [2.45, 2.75) is 20.1 Å². The summed E-state index contributed by atoms with van der Waals surface area (Å²) < 4.78 is 5.30. The third-order valence-electron chi connectivity index (χ3n) is 5.00. The van der Waals surface area contributed by atoms with Gasteiger partial charge in [-0.3, -0.25) is 9.59 Å². The number of hydrogen-bond acceptors (Lipinski definition) is 4. The molecule has 29 heavy (non-hydrogen) atoms. The first-order valence-corrected chi connectivity index (χ1v) is 9.37. The molecule has 3 aromatic rings. The molecule has 0 saturated heterocycles. The minimum Gasteiger partial charge on any atom is -0.367 e. The summed E-state index contributed by atoms with van der Waals surface area (Å²) in [5, 5.41) is 3.87. The normalized spacial score (nSPS) is 13.9. The Hall–Kier alpha value is -3.45. The highest BCUT2D eigenvalue weighted by Crippen LogP contribution is 2.22. The number of carbonyl (C=O) groups excluding carboxylic acids is 2. The zero-order valence-corrected chi connectivity index (χ0v) is 16.4. The second-order valence-corrected chi connectivity index (χ2v) is 7.12. The predicted octanol–water partition coefficient (Wildman–Crippen LogP) is 3.01. The Labute approximate surface area is 168 Å². The van der Waals surface area contributed by atoms with E-state index >= 15 is 0 Å². The van der Waals surface area contributed by atoms with E-state index in [0.717, 1.165) is 27.9 Å². The number of para-hydroxylation sites is 1. The average molecular weight is 390 g/mol. The van der Waals surface area contributed by atoms with Gasteiger partial charge in [0, 0.05) is 41.5 Å². The van der Waals surface area contributed by atoms with E-state index in [1.165, 1.54) is 11.5 Å². The number of rotatable bonds is 4. The van der Waals surface area contributed by atoms with Crippen molar-refractivity contribution in [1.82, 2.24) is 14.9 Å². The Kier molecular flexibility index (Phi) is 5.14. The Balaban J connectivity index is 1.45.